The van der Waals surface area contributed by atoms with Crippen LogP contribution in [0.1, 0.15) is 104 Å². The molecule has 2 aromatic carbocycles. The lowest BCUT2D eigenvalue weighted by Crippen LogP contribution is -2.66. The maximum atomic E-state index is 15.7. The number of hydrogen-bond acceptors (Lipinski definition) is 10. The van der Waals surface area contributed by atoms with Crippen LogP contribution in [0, 0.1) is 13.8 Å². The van der Waals surface area contributed by atoms with Crippen molar-refractivity contribution in [2.24, 2.45) is 0 Å². The van der Waals surface area contributed by atoms with Crippen LogP contribution in [0.3, 0.4) is 0 Å². The molecule has 2 bridgehead atoms. The van der Waals surface area contributed by atoms with Gasteiger partial charge in [-0.2, -0.15) is 0 Å². The predicted molar refractivity (Wildman–Crippen MR) is 265 cm³/mol. The summed E-state index contributed by atoms with van der Waals surface area (Å²) in [6, 6.07) is 11.7. The topological polar surface area (TPSA) is 129 Å². The zero-order chi connectivity index (χ0) is 49.2. The first-order valence-corrected chi connectivity index (χ1v) is 27.0. The second-order valence-electron chi connectivity index (χ2n) is 21.3. The van der Waals surface area contributed by atoms with E-state index in [1.54, 1.807) is 28.1 Å². The lowest BCUT2D eigenvalue weighted by molar-refractivity contribution is -0.129. The molecule has 3 aliphatic rings. The molecule has 366 valence electrons. The third-order valence-corrected chi connectivity index (χ3v) is 17.6. The van der Waals surface area contributed by atoms with Crippen molar-refractivity contribution in [2.45, 2.75) is 149 Å². The molecule has 1 saturated heterocycles. The third kappa shape index (κ3) is 13.2. The van der Waals surface area contributed by atoms with Gasteiger partial charge in [-0.1, -0.05) is 56.1 Å². The van der Waals surface area contributed by atoms with Crippen molar-refractivity contribution in [2.75, 3.05) is 39.5 Å². The zero-order valence-corrected chi connectivity index (χ0v) is 44.2. The van der Waals surface area contributed by atoms with Gasteiger partial charge in [0.2, 0.25) is 5.88 Å². The smallest absolute Gasteiger partial charge is 0.411 e. The van der Waals surface area contributed by atoms with Crippen molar-refractivity contribution < 1.29 is 42.5 Å². The second-order valence-corrected chi connectivity index (χ2v) is 27.0. The molecule has 0 N–H and O–H groups in total. The number of amides is 3. The standard InChI is InChI=1S/C51H70Cl2N4O9Si/c1-32-26-40(52)44(41(53)27-32)62-23-22-61-38-18-14-34(15-19-38)39-28-37-30-55(47(59)65-49(3,4)5)31-42(57(37)48(60)66-50(6,7)8)43(39)46(58)56(36-16-17-36)29-35-20-21-54-45(33(35)2)63-24-25-64-67(12,13)51(9,10)11/h14-15,18-21,26-27,36-37,42H,16-17,22-25,28-31H2,1-13H3. The number of pyridine rings is 1. The van der Waals surface area contributed by atoms with Crippen LogP contribution in [0.4, 0.5) is 9.59 Å². The molecule has 3 aromatic rings. The largest absolute Gasteiger partial charge is 0.490 e. The number of piperazine rings is 1. The number of hydrogen-bond donors (Lipinski definition) is 0. The highest BCUT2D eigenvalue weighted by molar-refractivity contribution is 6.74. The van der Waals surface area contributed by atoms with Gasteiger partial charge in [0.1, 0.15) is 36.8 Å². The van der Waals surface area contributed by atoms with E-state index in [1.165, 1.54) is 0 Å². The minimum Gasteiger partial charge on any atom is -0.490 e. The number of carbonyl (C=O) groups is 3. The van der Waals surface area contributed by atoms with Gasteiger partial charge in [-0.3, -0.25) is 9.69 Å². The minimum atomic E-state index is -1.96. The maximum Gasteiger partial charge on any atom is 0.411 e. The second kappa shape index (κ2) is 20.6. The number of fused-ring (bicyclic) bond motifs is 2. The Morgan fingerprint density at radius 1 is 0.791 bits per heavy atom. The van der Waals surface area contributed by atoms with Gasteiger partial charge >= 0.3 is 12.2 Å². The molecule has 67 heavy (non-hydrogen) atoms. The Morgan fingerprint density at radius 3 is 1.99 bits per heavy atom. The van der Waals surface area contributed by atoms with E-state index in [9.17, 15) is 9.59 Å². The Morgan fingerprint density at radius 2 is 1.39 bits per heavy atom. The molecule has 1 aliphatic carbocycles. The fourth-order valence-electron chi connectivity index (χ4n) is 8.01. The fraction of sp³-hybridized carbons (Fsp3) is 0.569. The van der Waals surface area contributed by atoms with Crippen molar-refractivity contribution in [1.29, 1.82) is 0 Å². The molecule has 2 aliphatic heterocycles. The van der Waals surface area contributed by atoms with Gasteiger partial charge in [0, 0.05) is 43.0 Å². The predicted octanol–water partition coefficient (Wildman–Crippen LogP) is 11.4. The van der Waals surface area contributed by atoms with Crippen molar-refractivity contribution in [3.05, 3.63) is 86.5 Å². The Labute approximate surface area is 408 Å². The van der Waals surface area contributed by atoms with E-state index in [1.807, 2.05) is 90.6 Å². The van der Waals surface area contributed by atoms with Gasteiger partial charge in [0.25, 0.3) is 5.91 Å². The minimum absolute atomic E-state index is 0.0305. The van der Waals surface area contributed by atoms with Crippen LogP contribution in [-0.2, 0) is 25.2 Å². The SMILES string of the molecule is Cc1cc(Cl)c(OCCOc2ccc(C3=C(C(=O)N(Cc4ccnc(OCCO[Si](C)(C)C(C)(C)C)c4C)C4CC4)C4CN(C(=O)OC(C)(C)C)CC(C3)N4C(=O)OC(C)(C)C)cc2)c(Cl)c1. The number of ether oxygens (including phenoxy) is 5. The summed E-state index contributed by atoms with van der Waals surface area (Å²) in [6.45, 7) is 27.6. The Kier molecular flexibility index (Phi) is 16.0. The summed E-state index contributed by atoms with van der Waals surface area (Å²) in [7, 11) is -1.96. The van der Waals surface area contributed by atoms with Gasteiger partial charge in [0.15, 0.2) is 14.1 Å². The molecule has 1 aromatic heterocycles. The van der Waals surface area contributed by atoms with Gasteiger partial charge in [-0.05, 0) is 145 Å². The van der Waals surface area contributed by atoms with E-state index < -0.39 is 43.8 Å². The molecule has 0 spiro atoms. The van der Waals surface area contributed by atoms with Crippen LogP contribution in [0.5, 0.6) is 17.4 Å². The van der Waals surface area contributed by atoms with E-state index >= 15 is 4.79 Å². The number of aryl methyl sites for hydroxylation is 1. The molecule has 2 unspecified atom stereocenters. The number of nitrogens with zero attached hydrogens (tertiary/aromatic N) is 4. The van der Waals surface area contributed by atoms with Crippen molar-refractivity contribution >= 4 is 55.2 Å². The first-order valence-electron chi connectivity index (χ1n) is 23.3. The van der Waals surface area contributed by atoms with E-state index in [0.29, 0.717) is 46.2 Å². The van der Waals surface area contributed by atoms with Crippen molar-refractivity contribution in [3.8, 4) is 17.4 Å². The summed E-state index contributed by atoms with van der Waals surface area (Å²) in [5.41, 5.74) is 3.14. The van der Waals surface area contributed by atoms with Gasteiger partial charge in [0.05, 0.1) is 28.7 Å². The molecule has 2 atom stereocenters. The molecule has 13 nitrogen and oxygen atoms in total. The van der Waals surface area contributed by atoms with E-state index in [0.717, 1.165) is 40.7 Å². The molecular weight excluding hydrogens is 912 g/mol. The lowest BCUT2D eigenvalue weighted by Gasteiger charge is -2.51. The molecule has 3 heterocycles. The van der Waals surface area contributed by atoms with Crippen LogP contribution in [-0.4, -0.2) is 115 Å². The monoisotopic (exact) mass is 980 g/mol. The quantitative estimate of drug-likeness (QED) is 0.107. The van der Waals surface area contributed by atoms with Gasteiger partial charge in [-0.15, -0.1) is 0 Å². The molecule has 6 rings (SSSR count). The van der Waals surface area contributed by atoms with E-state index in [-0.39, 0.29) is 56.3 Å². The number of rotatable bonds is 15. The average molecular weight is 982 g/mol. The van der Waals surface area contributed by atoms with Crippen LogP contribution < -0.4 is 14.2 Å². The highest BCUT2D eigenvalue weighted by Crippen LogP contribution is 2.43. The molecule has 16 heteroatoms. The van der Waals surface area contributed by atoms with Crippen LogP contribution in [0.25, 0.3) is 5.57 Å². The summed E-state index contributed by atoms with van der Waals surface area (Å²) < 4.78 is 36.4. The number of carbonyl (C=O) groups excluding carboxylic acids is 3. The summed E-state index contributed by atoms with van der Waals surface area (Å²) in [6.07, 6.45) is 2.61. The zero-order valence-electron chi connectivity index (χ0n) is 41.6. The lowest BCUT2D eigenvalue weighted by atomic mass is 9.81. The van der Waals surface area contributed by atoms with Crippen LogP contribution >= 0.6 is 23.2 Å². The van der Waals surface area contributed by atoms with Gasteiger partial charge < -0.3 is 37.9 Å². The molecular formula is C51H70Cl2N4O9Si. The van der Waals surface area contributed by atoms with Crippen molar-refractivity contribution in [3.63, 3.8) is 0 Å². The molecule has 2 fully saturated rings. The van der Waals surface area contributed by atoms with Crippen LogP contribution in [0.2, 0.25) is 28.2 Å². The first-order chi connectivity index (χ1) is 31.2. The summed E-state index contributed by atoms with van der Waals surface area (Å²) in [4.78, 5) is 53.5. The van der Waals surface area contributed by atoms with E-state index in [2.05, 4.69) is 38.8 Å². The van der Waals surface area contributed by atoms with Gasteiger partial charge in [-0.25, -0.2) is 14.6 Å². The first kappa shape index (κ1) is 51.9. The summed E-state index contributed by atoms with van der Waals surface area (Å²) in [5.74, 6) is 1.28. The van der Waals surface area contributed by atoms with Crippen LogP contribution in [0.15, 0.2) is 54.2 Å². The average Bonchev–Trinajstić information content (AvgIpc) is 4.05. The molecule has 3 amide bonds. The fourth-order valence-corrected chi connectivity index (χ4v) is 9.75. The Balaban J connectivity index is 1.33. The normalized spacial score (nSPS) is 17.8. The molecule has 1 saturated carbocycles. The Hall–Kier alpha value is -4.50. The maximum absolute atomic E-state index is 15.7. The van der Waals surface area contributed by atoms with Crippen molar-refractivity contribution in [1.82, 2.24) is 19.7 Å². The van der Waals surface area contributed by atoms with E-state index in [4.69, 9.17) is 51.3 Å². The third-order valence-electron chi connectivity index (χ3n) is 12.5. The highest BCUT2D eigenvalue weighted by Gasteiger charge is 2.51. The Bertz CT molecular complexity index is 2290. The summed E-state index contributed by atoms with van der Waals surface area (Å²) >= 11 is 12.8. The number of aromatic nitrogens is 1. The molecule has 0 radical (unpaired) electrons. The number of benzene rings is 2. The summed E-state index contributed by atoms with van der Waals surface area (Å²) in [5, 5.41) is 0.933. The number of halogens is 2. The highest BCUT2D eigenvalue weighted by atomic mass is 35.5.